The first-order chi connectivity index (χ1) is 18.9. The molecule has 198 valence electrons. The Balaban J connectivity index is 1.55. The third kappa shape index (κ3) is 4.37. The monoisotopic (exact) mass is 529 g/mol. The van der Waals surface area contributed by atoms with Crippen molar-refractivity contribution in [3.63, 3.8) is 0 Å². The number of aromatic nitrogens is 2. The lowest BCUT2D eigenvalue weighted by Gasteiger charge is -2.36. The number of ether oxygens (including phenoxy) is 1. The smallest absolute Gasteiger partial charge is 0.387 e. The molecule has 1 atom stereocenters. The molecule has 3 aromatic rings. The van der Waals surface area contributed by atoms with Gasteiger partial charge in [-0.15, -0.1) is 0 Å². The predicted octanol–water partition coefficient (Wildman–Crippen LogP) is 4.83. The van der Waals surface area contributed by atoms with Crippen molar-refractivity contribution in [3.05, 3.63) is 113 Å². The summed E-state index contributed by atoms with van der Waals surface area (Å²) in [6.07, 6.45) is 12.0. The summed E-state index contributed by atoms with van der Waals surface area (Å²) in [6.45, 7) is -1.61. The highest BCUT2D eigenvalue weighted by Gasteiger charge is 2.49. The molecule has 3 aliphatic rings. The summed E-state index contributed by atoms with van der Waals surface area (Å²) in [4.78, 5) is 25.6. The molecular weight excluding hydrogens is 504 g/mol. The molecule has 2 aromatic carbocycles. The van der Waals surface area contributed by atoms with Crippen molar-refractivity contribution in [2.75, 3.05) is 0 Å². The number of alkyl halides is 2. The molecule has 1 aromatic heterocycles. The van der Waals surface area contributed by atoms with E-state index >= 15 is 0 Å². The number of hydrogen-bond donors (Lipinski definition) is 2. The Morgan fingerprint density at radius 2 is 1.90 bits per heavy atom. The second kappa shape index (κ2) is 9.54. The van der Waals surface area contributed by atoms with Gasteiger partial charge < -0.3 is 20.6 Å². The number of fused-ring (bicyclic) bond motifs is 1. The Kier molecular flexibility index (Phi) is 6.02. The predicted molar refractivity (Wildman–Crippen MR) is 138 cm³/mol. The molecule has 1 saturated carbocycles. The standard InChI is InChI=1S/C29H25F2N5O3/c1-17(37)39-36-11-3-6-24-26(36)27(32)35-29(24,21-5-2-4-19(12-21)20-14-33-16-34-15-20)22-9-10-25(38-28(30)31)23(13-22)18-7-8-18/h2-6,9-16,18,28,35H,7-8,32H2,1H3. The summed E-state index contributed by atoms with van der Waals surface area (Å²) >= 11 is 0. The van der Waals surface area contributed by atoms with Crippen LogP contribution >= 0.6 is 0 Å². The zero-order valence-electron chi connectivity index (χ0n) is 21.0. The quantitative estimate of drug-likeness (QED) is 0.449. The maximum absolute atomic E-state index is 13.2. The maximum Gasteiger partial charge on any atom is 0.387 e. The molecule has 0 amide bonds. The average molecular weight is 530 g/mol. The molecule has 3 N–H and O–H groups in total. The normalized spacial score (nSPS) is 20.0. The van der Waals surface area contributed by atoms with Crippen LogP contribution in [0, 0.1) is 0 Å². The lowest BCUT2D eigenvalue weighted by molar-refractivity contribution is -0.168. The minimum atomic E-state index is -2.93. The zero-order chi connectivity index (χ0) is 27.1. The summed E-state index contributed by atoms with van der Waals surface area (Å²) < 4.78 is 31.3. The van der Waals surface area contributed by atoms with Crippen LogP contribution in [0.15, 0.2) is 96.6 Å². The van der Waals surface area contributed by atoms with E-state index in [0.29, 0.717) is 11.5 Å². The highest BCUT2D eigenvalue weighted by molar-refractivity contribution is 5.69. The first-order valence-corrected chi connectivity index (χ1v) is 12.5. The van der Waals surface area contributed by atoms with E-state index in [0.717, 1.165) is 46.2 Å². The first kappa shape index (κ1) is 24.6. The van der Waals surface area contributed by atoms with Crippen LogP contribution in [0.2, 0.25) is 0 Å². The Bertz CT molecular complexity index is 1530. The van der Waals surface area contributed by atoms with E-state index in [1.807, 2.05) is 36.4 Å². The Morgan fingerprint density at radius 3 is 2.62 bits per heavy atom. The fourth-order valence-electron chi connectivity index (χ4n) is 5.30. The number of carbonyl (C=O) groups is 1. The van der Waals surface area contributed by atoms with Crippen LogP contribution < -0.4 is 15.8 Å². The highest BCUT2D eigenvalue weighted by atomic mass is 19.3. The van der Waals surface area contributed by atoms with Gasteiger partial charge in [0.05, 0.1) is 0 Å². The molecule has 6 rings (SSSR count). The van der Waals surface area contributed by atoms with Crippen LogP contribution in [0.5, 0.6) is 5.75 Å². The molecule has 0 saturated heterocycles. The molecule has 10 heteroatoms. The number of nitrogens with two attached hydrogens (primary N) is 1. The van der Waals surface area contributed by atoms with Crippen LogP contribution in [-0.4, -0.2) is 27.6 Å². The van der Waals surface area contributed by atoms with Crippen LogP contribution in [0.3, 0.4) is 0 Å². The third-order valence-electron chi connectivity index (χ3n) is 7.03. The molecule has 2 aliphatic heterocycles. The summed E-state index contributed by atoms with van der Waals surface area (Å²) in [6, 6.07) is 13.1. The number of nitrogens with one attached hydrogen (secondary N) is 1. The van der Waals surface area contributed by atoms with Crippen LogP contribution in [0.4, 0.5) is 8.78 Å². The second-order valence-electron chi connectivity index (χ2n) is 9.58. The molecule has 8 nitrogen and oxygen atoms in total. The van der Waals surface area contributed by atoms with E-state index in [-0.39, 0.29) is 11.7 Å². The van der Waals surface area contributed by atoms with Gasteiger partial charge in [-0.1, -0.05) is 30.3 Å². The number of hydroxylamine groups is 2. The minimum Gasteiger partial charge on any atom is -0.435 e. The number of halogens is 2. The summed E-state index contributed by atoms with van der Waals surface area (Å²) in [5, 5.41) is 4.81. The first-order valence-electron chi connectivity index (χ1n) is 12.5. The van der Waals surface area contributed by atoms with Crippen LogP contribution in [0.25, 0.3) is 11.1 Å². The number of hydrogen-bond acceptors (Lipinski definition) is 8. The average Bonchev–Trinajstić information content (AvgIpc) is 3.73. The van der Waals surface area contributed by atoms with Gasteiger partial charge in [-0.05, 0) is 65.3 Å². The van der Waals surface area contributed by atoms with Crippen molar-refractivity contribution in [3.8, 4) is 16.9 Å². The van der Waals surface area contributed by atoms with Gasteiger partial charge >= 0.3 is 12.6 Å². The molecule has 1 fully saturated rings. The number of benzene rings is 2. The Labute approximate surface area is 223 Å². The van der Waals surface area contributed by atoms with Gasteiger partial charge in [-0.3, -0.25) is 0 Å². The molecule has 1 aliphatic carbocycles. The molecule has 1 unspecified atom stereocenters. The summed E-state index contributed by atoms with van der Waals surface area (Å²) in [5.74, 6) is 0.0859. The van der Waals surface area contributed by atoms with Gasteiger partial charge in [0.25, 0.3) is 0 Å². The van der Waals surface area contributed by atoms with Crippen LogP contribution in [-0.2, 0) is 15.2 Å². The Morgan fingerprint density at radius 1 is 1.13 bits per heavy atom. The summed E-state index contributed by atoms with van der Waals surface area (Å²) in [7, 11) is 0. The SMILES string of the molecule is CC(=O)ON1C=CC=C2C1=C(N)NC2(c1cccc(-c2cncnc2)c1)c1ccc(OC(F)F)c(C2CC2)c1. The number of carbonyl (C=O) groups excluding carboxylic acids is 1. The lowest BCUT2D eigenvalue weighted by Crippen LogP contribution is -2.42. The second-order valence-corrected chi connectivity index (χ2v) is 9.58. The van der Waals surface area contributed by atoms with Crippen molar-refractivity contribution < 1.29 is 23.1 Å². The van der Waals surface area contributed by atoms with E-state index in [1.165, 1.54) is 18.3 Å². The number of rotatable bonds is 7. The minimum absolute atomic E-state index is 0.132. The molecule has 39 heavy (non-hydrogen) atoms. The van der Waals surface area contributed by atoms with Gasteiger partial charge in [-0.25, -0.2) is 14.8 Å². The molecular formula is C29H25F2N5O3. The van der Waals surface area contributed by atoms with Crippen molar-refractivity contribution in [2.45, 2.75) is 37.8 Å². The maximum atomic E-state index is 13.2. The van der Waals surface area contributed by atoms with Crippen molar-refractivity contribution in [2.24, 2.45) is 5.73 Å². The van der Waals surface area contributed by atoms with Crippen molar-refractivity contribution in [1.82, 2.24) is 20.3 Å². The Hall–Kier alpha value is -4.73. The zero-order valence-corrected chi connectivity index (χ0v) is 21.0. The van der Waals surface area contributed by atoms with E-state index in [2.05, 4.69) is 15.3 Å². The van der Waals surface area contributed by atoms with Gasteiger partial charge in [-0.2, -0.15) is 13.8 Å². The molecule has 0 radical (unpaired) electrons. The fourth-order valence-corrected chi connectivity index (χ4v) is 5.30. The molecule has 0 bridgehead atoms. The largest absolute Gasteiger partial charge is 0.435 e. The van der Waals surface area contributed by atoms with Gasteiger partial charge in [0.1, 0.15) is 29.1 Å². The number of nitrogens with zero attached hydrogens (tertiary/aromatic N) is 3. The van der Waals surface area contributed by atoms with E-state index < -0.39 is 18.1 Å². The highest BCUT2D eigenvalue weighted by Crippen LogP contribution is 2.51. The van der Waals surface area contributed by atoms with Gasteiger partial charge in [0.2, 0.25) is 0 Å². The van der Waals surface area contributed by atoms with Gasteiger partial charge in [0.15, 0.2) is 0 Å². The third-order valence-corrected chi connectivity index (χ3v) is 7.03. The van der Waals surface area contributed by atoms with E-state index in [9.17, 15) is 13.6 Å². The van der Waals surface area contributed by atoms with Crippen LogP contribution in [0.1, 0.15) is 42.4 Å². The van der Waals surface area contributed by atoms with Gasteiger partial charge in [0, 0.05) is 36.7 Å². The van der Waals surface area contributed by atoms with E-state index in [1.54, 1.807) is 36.8 Å². The lowest BCUT2D eigenvalue weighted by atomic mass is 9.75. The molecule has 0 spiro atoms. The summed E-state index contributed by atoms with van der Waals surface area (Å²) in [5.41, 5.74) is 10.8. The topological polar surface area (TPSA) is 103 Å². The van der Waals surface area contributed by atoms with Crippen molar-refractivity contribution in [1.29, 1.82) is 0 Å². The van der Waals surface area contributed by atoms with Crippen molar-refractivity contribution >= 4 is 5.97 Å². The van der Waals surface area contributed by atoms with E-state index in [4.69, 9.17) is 15.3 Å². The molecule has 3 heterocycles. The fraction of sp³-hybridized carbons (Fsp3) is 0.207. The number of allylic oxidation sites excluding steroid dienone is 2.